The number of ether oxygens (including phenoxy) is 1. The van der Waals surface area contributed by atoms with Crippen LogP contribution in [0.5, 0.6) is 0 Å². The molecule has 0 fully saturated rings. The normalized spacial score (nSPS) is 12.4. The van der Waals surface area contributed by atoms with E-state index in [1.807, 2.05) is 6.92 Å². The van der Waals surface area contributed by atoms with Crippen molar-refractivity contribution in [3.63, 3.8) is 0 Å². The number of rotatable bonds is 6. The lowest BCUT2D eigenvalue weighted by Crippen LogP contribution is -2.28. The van der Waals surface area contributed by atoms with Gasteiger partial charge in [-0.1, -0.05) is 25.1 Å². The highest BCUT2D eigenvalue weighted by molar-refractivity contribution is 5.82. The summed E-state index contributed by atoms with van der Waals surface area (Å²) in [5.41, 5.74) is -0.222. The number of carbonyl (C=O) groups excluding carboxylic acids is 1. The quantitative estimate of drug-likeness (QED) is 0.715. The average Bonchev–Trinajstić information content (AvgIpc) is 2.52. The minimum Gasteiger partial charge on any atom is -0.460 e. The molecule has 0 aliphatic heterocycles. The monoisotopic (exact) mass is 321 g/mol. The number of carbonyl (C=O) groups is 1. The third-order valence-electron chi connectivity index (χ3n) is 3.92. The Hall–Kier alpha value is -2.04. The van der Waals surface area contributed by atoms with Crippen molar-refractivity contribution in [1.82, 2.24) is 4.98 Å². The summed E-state index contributed by atoms with van der Waals surface area (Å²) in [4.78, 5) is 15.9. The Morgan fingerprint density at radius 1 is 1.22 bits per heavy atom. The van der Waals surface area contributed by atoms with E-state index in [2.05, 4.69) is 4.98 Å². The maximum atomic E-state index is 14.5. The maximum absolute atomic E-state index is 14.5. The van der Waals surface area contributed by atoms with Gasteiger partial charge in [0.05, 0.1) is 11.9 Å². The van der Waals surface area contributed by atoms with Crippen LogP contribution in [0.1, 0.15) is 45.6 Å². The molecular formula is C18H21F2NO2. The number of aromatic nitrogens is 1. The van der Waals surface area contributed by atoms with Crippen LogP contribution in [0, 0.1) is 0 Å². The summed E-state index contributed by atoms with van der Waals surface area (Å²) in [5, 5.41) is 0.405. The molecule has 1 aromatic heterocycles. The van der Waals surface area contributed by atoms with Crippen LogP contribution < -0.4 is 0 Å². The Kier molecular flexibility index (Phi) is 4.97. The molecule has 0 atom stereocenters. The Balaban J connectivity index is 2.14. The molecule has 0 amide bonds. The number of fused-ring (bicyclic) bond motifs is 1. The molecule has 0 saturated carbocycles. The van der Waals surface area contributed by atoms with E-state index in [1.165, 1.54) is 6.07 Å². The van der Waals surface area contributed by atoms with Crippen molar-refractivity contribution in [2.75, 3.05) is 0 Å². The molecule has 0 aliphatic rings. The number of benzene rings is 1. The third kappa shape index (κ3) is 4.24. The van der Waals surface area contributed by atoms with Gasteiger partial charge in [-0.25, -0.2) is 8.78 Å². The highest BCUT2D eigenvalue weighted by Gasteiger charge is 2.34. The Morgan fingerprint density at radius 2 is 1.96 bits per heavy atom. The molecule has 2 aromatic rings. The van der Waals surface area contributed by atoms with Crippen LogP contribution >= 0.6 is 0 Å². The van der Waals surface area contributed by atoms with E-state index in [9.17, 15) is 13.6 Å². The minimum atomic E-state index is -3.11. The van der Waals surface area contributed by atoms with Gasteiger partial charge in [-0.15, -0.1) is 0 Å². The van der Waals surface area contributed by atoms with Crippen LogP contribution in [0.4, 0.5) is 8.78 Å². The third-order valence-corrected chi connectivity index (χ3v) is 3.92. The molecule has 5 heteroatoms. The summed E-state index contributed by atoms with van der Waals surface area (Å²) < 4.78 is 34.3. The number of hydrogen-bond acceptors (Lipinski definition) is 3. The first-order valence-corrected chi connectivity index (χ1v) is 7.69. The second kappa shape index (κ2) is 6.60. The fourth-order valence-corrected chi connectivity index (χ4v) is 2.25. The van der Waals surface area contributed by atoms with Gasteiger partial charge in [0, 0.05) is 23.6 Å². The molecule has 0 aliphatic carbocycles. The summed E-state index contributed by atoms with van der Waals surface area (Å²) in [5.74, 6) is -3.72. The molecule has 1 heterocycles. The second-order valence-electron chi connectivity index (χ2n) is 6.17. The van der Waals surface area contributed by atoms with E-state index in [0.717, 1.165) is 0 Å². The first-order chi connectivity index (χ1) is 10.7. The number of hydrogen-bond donors (Lipinski definition) is 0. The van der Waals surface area contributed by atoms with E-state index in [4.69, 9.17) is 4.74 Å². The Bertz CT molecular complexity index is 693. The van der Waals surface area contributed by atoms with Crippen molar-refractivity contribution < 1.29 is 18.3 Å². The van der Waals surface area contributed by atoms with Gasteiger partial charge in [0.2, 0.25) is 0 Å². The summed E-state index contributed by atoms with van der Waals surface area (Å²) >= 11 is 0. The van der Waals surface area contributed by atoms with Gasteiger partial charge in [0.25, 0.3) is 5.92 Å². The zero-order chi connectivity index (χ0) is 17.1. The number of halogens is 2. The van der Waals surface area contributed by atoms with Crippen LogP contribution in [-0.2, 0) is 15.5 Å². The predicted molar refractivity (Wildman–Crippen MR) is 85.3 cm³/mol. The highest BCUT2D eigenvalue weighted by Crippen LogP contribution is 2.37. The molecule has 0 bridgehead atoms. The van der Waals surface area contributed by atoms with Gasteiger partial charge in [-0.3, -0.25) is 9.78 Å². The van der Waals surface area contributed by atoms with Crippen molar-refractivity contribution in [1.29, 1.82) is 0 Å². The van der Waals surface area contributed by atoms with Crippen LogP contribution in [0.25, 0.3) is 10.9 Å². The molecule has 0 radical (unpaired) electrons. The molecule has 0 saturated heterocycles. The summed E-state index contributed by atoms with van der Waals surface area (Å²) in [6.45, 7) is 5.41. The second-order valence-corrected chi connectivity index (χ2v) is 6.17. The topological polar surface area (TPSA) is 39.2 Å². The van der Waals surface area contributed by atoms with Crippen LogP contribution in [0.15, 0.2) is 36.5 Å². The number of nitrogens with zero attached hydrogens (tertiary/aromatic N) is 1. The maximum Gasteiger partial charge on any atom is 0.306 e. The first kappa shape index (κ1) is 17.3. The number of esters is 1. The van der Waals surface area contributed by atoms with Crippen LogP contribution in [-0.4, -0.2) is 16.6 Å². The zero-order valence-electron chi connectivity index (χ0n) is 13.6. The fourth-order valence-electron chi connectivity index (χ4n) is 2.25. The fraction of sp³-hybridized carbons (Fsp3) is 0.444. The molecule has 1 aromatic carbocycles. The number of pyridine rings is 1. The van der Waals surface area contributed by atoms with Crippen molar-refractivity contribution in [3.8, 4) is 0 Å². The van der Waals surface area contributed by atoms with Crippen molar-refractivity contribution in [2.24, 2.45) is 0 Å². The van der Waals surface area contributed by atoms with Gasteiger partial charge < -0.3 is 4.74 Å². The summed E-state index contributed by atoms with van der Waals surface area (Å²) in [6.07, 6.45) is 1.28. The summed E-state index contributed by atoms with van der Waals surface area (Å²) in [6, 6.07) is 7.86. The Labute approximate surface area is 134 Å². The van der Waals surface area contributed by atoms with E-state index in [-0.39, 0.29) is 12.0 Å². The SMILES string of the molecule is CCC(C)(C)OC(=O)CCC(F)(F)c1cccc2ncccc12. The largest absolute Gasteiger partial charge is 0.460 e. The van der Waals surface area contributed by atoms with Crippen LogP contribution in [0.3, 0.4) is 0 Å². The lowest BCUT2D eigenvalue weighted by atomic mass is 9.99. The van der Waals surface area contributed by atoms with Crippen molar-refractivity contribution in [2.45, 2.75) is 51.6 Å². The predicted octanol–water partition coefficient (Wildman–Crippen LogP) is 4.84. The van der Waals surface area contributed by atoms with Gasteiger partial charge in [-0.2, -0.15) is 0 Å². The van der Waals surface area contributed by atoms with E-state index in [0.29, 0.717) is 17.3 Å². The standard InChI is InChI=1S/C18H21F2NO2/c1-4-17(2,3)23-16(22)10-11-18(19,20)14-8-5-9-15-13(14)7-6-12-21-15/h5-9,12H,4,10-11H2,1-3H3. The minimum absolute atomic E-state index is 0.106. The van der Waals surface area contributed by atoms with Gasteiger partial charge in [0.15, 0.2) is 0 Å². The average molecular weight is 321 g/mol. The highest BCUT2D eigenvalue weighted by atomic mass is 19.3. The molecule has 0 unspecified atom stereocenters. The molecule has 23 heavy (non-hydrogen) atoms. The lowest BCUT2D eigenvalue weighted by Gasteiger charge is -2.24. The van der Waals surface area contributed by atoms with E-state index < -0.39 is 23.9 Å². The Morgan fingerprint density at radius 3 is 2.65 bits per heavy atom. The van der Waals surface area contributed by atoms with E-state index >= 15 is 0 Å². The number of alkyl halides is 2. The lowest BCUT2D eigenvalue weighted by molar-refractivity contribution is -0.159. The molecule has 2 rings (SSSR count). The molecular weight excluding hydrogens is 300 g/mol. The van der Waals surface area contributed by atoms with Crippen molar-refractivity contribution in [3.05, 3.63) is 42.1 Å². The molecule has 0 N–H and O–H groups in total. The molecule has 3 nitrogen and oxygen atoms in total. The molecule has 0 spiro atoms. The van der Waals surface area contributed by atoms with Crippen LogP contribution in [0.2, 0.25) is 0 Å². The van der Waals surface area contributed by atoms with Crippen molar-refractivity contribution >= 4 is 16.9 Å². The van der Waals surface area contributed by atoms with Gasteiger partial charge in [0.1, 0.15) is 5.60 Å². The van der Waals surface area contributed by atoms with Gasteiger partial charge in [-0.05, 0) is 32.4 Å². The van der Waals surface area contributed by atoms with Gasteiger partial charge >= 0.3 is 5.97 Å². The first-order valence-electron chi connectivity index (χ1n) is 7.69. The van der Waals surface area contributed by atoms with E-state index in [1.54, 1.807) is 44.3 Å². The smallest absolute Gasteiger partial charge is 0.306 e. The summed E-state index contributed by atoms with van der Waals surface area (Å²) in [7, 11) is 0. The zero-order valence-corrected chi connectivity index (χ0v) is 13.6. The molecule has 124 valence electrons.